The Hall–Kier alpha value is -1.66. The van der Waals surface area contributed by atoms with Crippen molar-refractivity contribution in [2.75, 3.05) is 20.5 Å². The van der Waals surface area contributed by atoms with Crippen molar-refractivity contribution in [3.63, 3.8) is 0 Å². The van der Waals surface area contributed by atoms with Crippen LogP contribution in [0.2, 0.25) is 0 Å². The molecule has 18 heavy (non-hydrogen) atoms. The van der Waals surface area contributed by atoms with Crippen molar-refractivity contribution in [1.82, 2.24) is 0 Å². The van der Waals surface area contributed by atoms with Gasteiger partial charge < -0.3 is 19.9 Å². The molecular weight excluding hydrogens is 241 g/mol. The van der Waals surface area contributed by atoms with Crippen molar-refractivity contribution < 1.29 is 23.4 Å². The van der Waals surface area contributed by atoms with Crippen LogP contribution in [-0.4, -0.2) is 26.5 Å². The van der Waals surface area contributed by atoms with Gasteiger partial charge in [-0.15, -0.1) is 0 Å². The number of carbonyl (C=O) groups excluding carboxylic acids is 1. The summed E-state index contributed by atoms with van der Waals surface area (Å²) in [6.07, 6.45) is 0. The normalized spacial score (nSPS) is 12.0. The van der Waals surface area contributed by atoms with Gasteiger partial charge in [-0.25, -0.2) is 9.18 Å². The number of ether oxygens (including phenoxy) is 3. The molecule has 1 aromatic rings. The van der Waals surface area contributed by atoms with Crippen LogP contribution < -0.4 is 10.5 Å². The summed E-state index contributed by atoms with van der Waals surface area (Å²) in [7, 11) is 1.45. The minimum atomic E-state index is -1.09. The minimum Gasteiger partial charge on any atom is -0.467 e. The van der Waals surface area contributed by atoms with Crippen molar-refractivity contribution in [2.45, 2.75) is 13.0 Å². The van der Waals surface area contributed by atoms with Crippen LogP contribution in [0.3, 0.4) is 0 Å². The molecule has 0 fully saturated rings. The van der Waals surface area contributed by atoms with Crippen LogP contribution in [0, 0.1) is 5.82 Å². The monoisotopic (exact) mass is 257 g/mol. The maximum absolute atomic E-state index is 13.2. The molecule has 100 valence electrons. The van der Waals surface area contributed by atoms with Gasteiger partial charge >= 0.3 is 5.97 Å². The highest BCUT2D eigenvalue weighted by molar-refractivity contribution is 5.78. The highest BCUT2D eigenvalue weighted by Gasteiger charge is 2.21. The molecule has 0 heterocycles. The molecule has 0 saturated carbocycles. The molecule has 0 amide bonds. The summed E-state index contributed by atoms with van der Waals surface area (Å²) in [5.74, 6) is -0.848. The quantitative estimate of drug-likeness (QED) is 0.615. The lowest BCUT2D eigenvalue weighted by Crippen LogP contribution is -2.24. The first-order valence-electron chi connectivity index (χ1n) is 5.43. The SMILES string of the molecule is CCOC(=O)C(N)c1cc(F)ccc1OCOC. The maximum atomic E-state index is 13.2. The number of esters is 1. The summed E-state index contributed by atoms with van der Waals surface area (Å²) in [5.41, 5.74) is 5.93. The molecule has 0 aliphatic rings. The predicted octanol–water partition coefficient (Wildman–Crippen LogP) is 1.37. The Morgan fingerprint density at radius 1 is 1.50 bits per heavy atom. The molecule has 0 spiro atoms. The van der Waals surface area contributed by atoms with E-state index in [2.05, 4.69) is 0 Å². The molecule has 5 nitrogen and oxygen atoms in total. The molecule has 6 heteroatoms. The zero-order valence-electron chi connectivity index (χ0n) is 10.3. The molecule has 0 aliphatic heterocycles. The van der Waals surface area contributed by atoms with E-state index >= 15 is 0 Å². The zero-order valence-corrected chi connectivity index (χ0v) is 10.3. The summed E-state index contributed by atoms with van der Waals surface area (Å²) >= 11 is 0. The van der Waals surface area contributed by atoms with E-state index in [9.17, 15) is 9.18 Å². The van der Waals surface area contributed by atoms with Gasteiger partial charge in [0.1, 0.15) is 17.6 Å². The van der Waals surface area contributed by atoms with Crippen molar-refractivity contribution in [2.24, 2.45) is 5.73 Å². The van der Waals surface area contributed by atoms with Gasteiger partial charge in [0.25, 0.3) is 0 Å². The van der Waals surface area contributed by atoms with E-state index in [0.29, 0.717) is 5.75 Å². The number of benzene rings is 1. The Balaban J connectivity index is 2.96. The van der Waals surface area contributed by atoms with Crippen LogP contribution in [0.1, 0.15) is 18.5 Å². The van der Waals surface area contributed by atoms with Crippen LogP contribution in [0.25, 0.3) is 0 Å². The van der Waals surface area contributed by atoms with Crippen molar-refractivity contribution in [3.8, 4) is 5.75 Å². The van der Waals surface area contributed by atoms with E-state index in [-0.39, 0.29) is 19.0 Å². The molecule has 2 N–H and O–H groups in total. The van der Waals surface area contributed by atoms with Gasteiger partial charge in [-0.05, 0) is 25.1 Å². The van der Waals surface area contributed by atoms with Crippen LogP contribution >= 0.6 is 0 Å². The molecule has 1 aromatic carbocycles. The Morgan fingerprint density at radius 3 is 2.83 bits per heavy atom. The Morgan fingerprint density at radius 2 is 2.22 bits per heavy atom. The Kier molecular flexibility index (Phi) is 5.54. The molecule has 0 aromatic heterocycles. The zero-order chi connectivity index (χ0) is 13.5. The number of methoxy groups -OCH3 is 1. The second-order valence-corrected chi connectivity index (χ2v) is 3.46. The second-order valence-electron chi connectivity index (χ2n) is 3.46. The number of hydrogen-bond donors (Lipinski definition) is 1. The topological polar surface area (TPSA) is 70.8 Å². The van der Waals surface area contributed by atoms with Crippen molar-refractivity contribution in [3.05, 3.63) is 29.6 Å². The fourth-order valence-electron chi connectivity index (χ4n) is 1.38. The fourth-order valence-corrected chi connectivity index (χ4v) is 1.38. The molecular formula is C12H16FNO4. The van der Waals surface area contributed by atoms with Gasteiger partial charge in [0.2, 0.25) is 0 Å². The Labute approximate surface area is 105 Å². The third-order valence-electron chi connectivity index (χ3n) is 2.18. The van der Waals surface area contributed by atoms with Gasteiger partial charge in [0.05, 0.1) is 6.61 Å². The average molecular weight is 257 g/mol. The van der Waals surface area contributed by atoms with Gasteiger partial charge in [-0.1, -0.05) is 0 Å². The van der Waals surface area contributed by atoms with E-state index in [1.807, 2.05) is 0 Å². The standard InChI is InChI=1S/C12H16FNO4/c1-3-17-12(15)11(14)9-6-8(13)4-5-10(9)18-7-16-2/h4-6,11H,3,7,14H2,1-2H3. The number of hydrogen-bond acceptors (Lipinski definition) is 5. The first kappa shape index (κ1) is 14.4. The maximum Gasteiger partial charge on any atom is 0.327 e. The third-order valence-corrected chi connectivity index (χ3v) is 2.18. The van der Waals surface area contributed by atoms with E-state index < -0.39 is 17.8 Å². The largest absolute Gasteiger partial charge is 0.467 e. The summed E-state index contributed by atoms with van der Waals surface area (Å²) < 4.78 is 27.9. The molecule has 1 atom stereocenters. The van der Waals surface area contributed by atoms with Gasteiger partial charge in [0, 0.05) is 12.7 Å². The van der Waals surface area contributed by atoms with Crippen LogP contribution in [0.15, 0.2) is 18.2 Å². The minimum absolute atomic E-state index is 0.0197. The van der Waals surface area contributed by atoms with Crippen LogP contribution in [-0.2, 0) is 14.3 Å². The van der Waals surface area contributed by atoms with E-state index in [0.717, 1.165) is 6.07 Å². The highest BCUT2D eigenvalue weighted by atomic mass is 19.1. The highest BCUT2D eigenvalue weighted by Crippen LogP contribution is 2.25. The second kappa shape index (κ2) is 6.93. The lowest BCUT2D eigenvalue weighted by Gasteiger charge is -2.15. The van der Waals surface area contributed by atoms with Crippen molar-refractivity contribution in [1.29, 1.82) is 0 Å². The lowest BCUT2D eigenvalue weighted by molar-refractivity contribution is -0.144. The van der Waals surface area contributed by atoms with E-state index in [1.54, 1.807) is 6.92 Å². The first-order chi connectivity index (χ1) is 8.60. The third kappa shape index (κ3) is 3.68. The molecule has 1 unspecified atom stereocenters. The lowest BCUT2D eigenvalue weighted by atomic mass is 10.1. The van der Waals surface area contributed by atoms with E-state index in [1.165, 1.54) is 19.2 Å². The van der Waals surface area contributed by atoms with Gasteiger partial charge in [0.15, 0.2) is 6.79 Å². The van der Waals surface area contributed by atoms with Gasteiger partial charge in [-0.2, -0.15) is 0 Å². The number of carbonyl (C=O) groups is 1. The summed E-state index contributed by atoms with van der Waals surface area (Å²) in [5, 5.41) is 0. The smallest absolute Gasteiger partial charge is 0.327 e. The number of nitrogens with two attached hydrogens (primary N) is 1. The molecule has 0 aliphatic carbocycles. The first-order valence-corrected chi connectivity index (χ1v) is 5.43. The Bertz CT molecular complexity index is 411. The van der Waals surface area contributed by atoms with Crippen molar-refractivity contribution >= 4 is 5.97 Å². The fraction of sp³-hybridized carbons (Fsp3) is 0.417. The van der Waals surface area contributed by atoms with Gasteiger partial charge in [-0.3, -0.25) is 0 Å². The number of rotatable bonds is 6. The summed E-state index contributed by atoms with van der Waals surface area (Å²) in [4.78, 5) is 11.5. The predicted molar refractivity (Wildman–Crippen MR) is 62.5 cm³/mol. The average Bonchev–Trinajstić information content (AvgIpc) is 2.36. The van der Waals surface area contributed by atoms with E-state index in [4.69, 9.17) is 19.9 Å². The van der Waals surface area contributed by atoms with Crippen LogP contribution in [0.5, 0.6) is 5.75 Å². The summed E-state index contributed by atoms with van der Waals surface area (Å²) in [6, 6.07) is 2.66. The number of halogens is 1. The van der Waals surface area contributed by atoms with Crippen LogP contribution in [0.4, 0.5) is 4.39 Å². The molecule has 1 rings (SSSR count). The molecule has 0 saturated heterocycles. The molecule has 0 radical (unpaired) electrons. The summed E-state index contributed by atoms with van der Waals surface area (Å²) in [6.45, 7) is 1.85. The molecule has 0 bridgehead atoms.